The van der Waals surface area contributed by atoms with Crippen molar-refractivity contribution < 1.29 is 8.78 Å². The molecule has 0 saturated carbocycles. The van der Waals surface area contributed by atoms with Crippen LogP contribution >= 0.6 is 35.4 Å². The molecule has 36 heavy (non-hydrogen) atoms. The molecule has 0 aliphatic rings. The average molecular weight is 549 g/mol. The van der Waals surface area contributed by atoms with E-state index in [0.717, 1.165) is 34.0 Å². The highest BCUT2D eigenvalue weighted by Crippen LogP contribution is 2.26. The maximum Gasteiger partial charge on any atom is 0.175 e. The van der Waals surface area contributed by atoms with Gasteiger partial charge in [-0.1, -0.05) is 35.3 Å². The molecule has 0 atom stereocenters. The predicted octanol–water partition coefficient (Wildman–Crippen LogP) is 6.80. The molecule has 0 aliphatic carbocycles. The Labute approximate surface area is 223 Å². The molecule has 4 rings (SSSR count). The Hall–Kier alpha value is -3.01. The molecule has 4 aromatic rings. The van der Waals surface area contributed by atoms with Gasteiger partial charge in [-0.05, 0) is 69.7 Å². The molecule has 188 valence electrons. The third-order valence-electron chi connectivity index (χ3n) is 5.94. The van der Waals surface area contributed by atoms with E-state index in [9.17, 15) is 8.78 Å². The number of anilines is 2. The van der Waals surface area contributed by atoms with Gasteiger partial charge < -0.3 is 10.6 Å². The monoisotopic (exact) mass is 548 g/mol. The molecule has 2 aromatic carbocycles. The van der Waals surface area contributed by atoms with E-state index in [2.05, 4.69) is 20.8 Å². The van der Waals surface area contributed by atoms with Gasteiger partial charge >= 0.3 is 0 Å². The zero-order valence-corrected chi connectivity index (χ0v) is 22.4. The first-order chi connectivity index (χ1) is 17.0. The minimum Gasteiger partial charge on any atom is -0.329 e. The number of aryl methyl sites for hydroxylation is 2. The number of thiocarbonyl (C=S) groups is 1. The Morgan fingerprint density at radius 3 is 2.00 bits per heavy atom. The molecule has 2 aromatic heterocycles. The van der Waals surface area contributed by atoms with Gasteiger partial charge in [0.05, 0.1) is 47.2 Å². The van der Waals surface area contributed by atoms with Crippen LogP contribution in [0.5, 0.6) is 0 Å². The number of hydrogen-bond acceptors (Lipinski definition) is 3. The molecular formula is C25H24Cl2F2N6S. The lowest BCUT2D eigenvalue weighted by Crippen LogP contribution is -2.21. The minimum absolute atomic E-state index is 0.191. The second kappa shape index (κ2) is 10.5. The molecule has 0 unspecified atom stereocenters. The second-order valence-corrected chi connectivity index (χ2v) is 9.64. The fourth-order valence-corrected chi connectivity index (χ4v) is 4.62. The Bertz CT molecular complexity index is 1440. The summed E-state index contributed by atoms with van der Waals surface area (Å²) in [5, 5.41) is 16.6. The molecule has 0 radical (unpaired) electrons. The summed E-state index contributed by atoms with van der Waals surface area (Å²) < 4.78 is 31.1. The molecule has 2 N–H and O–H groups in total. The number of halogens is 4. The van der Waals surface area contributed by atoms with Crippen LogP contribution in [0, 0.1) is 39.3 Å². The van der Waals surface area contributed by atoms with Gasteiger partial charge in [0.25, 0.3) is 0 Å². The largest absolute Gasteiger partial charge is 0.329 e. The van der Waals surface area contributed by atoms with E-state index in [1.807, 2.05) is 27.7 Å². The highest BCUT2D eigenvalue weighted by atomic mass is 35.5. The Balaban J connectivity index is 1.50. The van der Waals surface area contributed by atoms with Gasteiger partial charge in [-0.2, -0.15) is 10.2 Å². The van der Waals surface area contributed by atoms with Crippen molar-refractivity contribution in [3.8, 4) is 0 Å². The van der Waals surface area contributed by atoms with Crippen LogP contribution in [0.4, 0.5) is 20.2 Å². The standard InChI is InChI=1S/C25H24Cl2F2N6S/c1-13-23(15(3)34(32-13)11-17-8-9-18(28)10-21(17)27)30-25(36)31-24-14(2)33-35(16(24)4)12-19-20(26)6-5-7-22(19)29/h5-10H,11-12H2,1-4H3,(H2,30,31,36). The summed E-state index contributed by atoms with van der Waals surface area (Å²) in [4.78, 5) is 0. The molecule has 0 aliphatic heterocycles. The predicted molar refractivity (Wildman–Crippen MR) is 144 cm³/mol. The third-order valence-corrected chi connectivity index (χ3v) is 6.85. The van der Waals surface area contributed by atoms with Crippen molar-refractivity contribution >= 4 is 51.9 Å². The molecule has 0 fully saturated rings. The number of aromatic nitrogens is 4. The van der Waals surface area contributed by atoms with E-state index in [0.29, 0.717) is 33.0 Å². The summed E-state index contributed by atoms with van der Waals surface area (Å²) in [6, 6.07) is 8.89. The molecule has 0 spiro atoms. The van der Waals surface area contributed by atoms with Crippen LogP contribution in [0.25, 0.3) is 0 Å². The average Bonchev–Trinajstić information content (AvgIpc) is 3.22. The first kappa shape index (κ1) is 26.1. The molecular weight excluding hydrogens is 525 g/mol. The van der Waals surface area contributed by atoms with Crippen LogP contribution in [0.15, 0.2) is 36.4 Å². The molecule has 2 heterocycles. The molecule has 0 bridgehead atoms. The maximum atomic E-state index is 14.3. The first-order valence-corrected chi connectivity index (χ1v) is 12.2. The lowest BCUT2D eigenvalue weighted by Gasteiger charge is -2.12. The van der Waals surface area contributed by atoms with E-state index in [1.54, 1.807) is 27.6 Å². The number of nitrogens with zero attached hydrogens (tertiary/aromatic N) is 4. The van der Waals surface area contributed by atoms with Crippen LogP contribution in [-0.2, 0) is 13.1 Å². The van der Waals surface area contributed by atoms with Gasteiger partial charge in [-0.3, -0.25) is 9.36 Å². The molecule has 11 heteroatoms. The number of nitrogens with one attached hydrogen (secondary N) is 2. The van der Waals surface area contributed by atoms with Crippen molar-refractivity contribution in [2.24, 2.45) is 0 Å². The quantitative estimate of drug-likeness (QED) is 0.259. The fourth-order valence-electron chi connectivity index (χ4n) is 3.97. The molecule has 0 amide bonds. The van der Waals surface area contributed by atoms with Crippen LogP contribution in [0.1, 0.15) is 33.9 Å². The lowest BCUT2D eigenvalue weighted by molar-refractivity contribution is 0.579. The summed E-state index contributed by atoms with van der Waals surface area (Å²) in [7, 11) is 0. The van der Waals surface area contributed by atoms with Crippen LogP contribution in [0.3, 0.4) is 0 Å². The zero-order valence-electron chi connectivity index (χ0n) is 20.1. The third kappa shape index (κ3) is 5.38. The lowest BCUT2D eigenvalue weighted by atomic mass is 10.2. The van der Waals surface area contributed by atoms with Gasteiger partial charge in [-0.15, -0.1) is 0 Å². The van der Waals surface area contributed by atoms with Gasteiger partial charge in [0.2, 0.25) is 0 Å². The van der Waals surface area contributed by atoms with Crippen molar-refractivity contribution in [2.45, 2.75) is 40.8 Å². The van der Waals surface area contributed by atoms with Gasteiger partial charge in [-0.25, -0.2) is 8.78 Å². The Morgan fingerprint density at radius 2 is 1.44 bits per heavy atom. The van der Waals surface area contributed by atoms with Crippen LogP contribution in [0.2, 0.25) is 10.0 Å². The SMILES string of the molecule is Cc1nn(Cc2ccc(F)cc2Cl)c(C)c1NC(=S)Nc1c(C)nn(Cc2c(F)cccc2Cl)c1C. The van der Waals surface area contributed by atoms with E-state index in [4.69, 9.17) is 35.4 Å². The normalized spacial score (nSPS) is 11.1. The minimum atomic E-state index is -0.387. The van der Waals surface area contributed by atoms with Gasteiger partial charge in [0, 0.05) is 15.6 Å². The highest BCUT2D eigenvalue weighted by Gasteiger charge is 2.18. The fraction of sp³-hybridized carbons (Fsp3) is 0.240. The summed E-state index contributed by atoms with van der Waals surface area (Å²) in [5.41, 5.74) is 5.68. The first-order valence-electron chi connectivity index (χ1n) is 11.1. The topological polar surface area (TPSA) is 59.7 Å². The van der Waals surface area contributed by atoms with Crippen molar-refractivity contribution in [1.29, 1.82) is 0 Å². The van der Waals surface area contributed by atoms with Gasteiger partial charge in [0.1, 0.15) is 11.6 Å². The molecule has 0 saturated heterocycles. The number of benzene rings is 2. The Kier molecular flexibility index (Phi) is 7.63. The number of hydrogen-bond donors (Lipinski definition) is 2. The smallest absolute Gasteiger partial charge is 0.175 e. The maximum absolute atomic E-state index is 14.3. The zero-order chi connectivity index (χ0) is 26.1. The highest BCUT2D eigenvalue weighted by molar-refractivity contribution is 7.80. The van der Waals surface area contributed by atoms with Crippen molar-refractivity contribution in [1.82, 2.24) is 19.6 Å². The summed E-state index contributed by atoms with van der Waals surface area (Å²) >= 11 is 18.0. The van der Waals surface area contributed by atoms with E-state index in [-0.39, 0.29) is 18.2 Å². The van der Waals surface area contributed by atoms with Gasteiger partial charge in [0.15, 0.2) is 5.11 Å². The number of rotatable bonds is 6. The van der Waals surface area contributed by atoms with E-state index < -0.39 is 0 Å². The summed E-state index contributed by atoms with van der Waals surface area (Å²) in [5.74, 6) is -0.770. The summed E-state index contributed by atoms with van der Waals surface area (Å²) in [6.45, 7) is 8.08. The van der Waals surface area contributed by atoms with Crippen molar-refractivity contribution in [3.63, 3.8) is 0 Å². The second-order valence-electron chi connectivity index (χ2n) is 8.42. The Morgan fingerprint density at radius 1 is 0.861 bits per heavy atom. The summed E-state index contributed by atoms with van der Waals surface area (Å²) in [6.07, 6.45) is 0. The van der Waals surface area contributed by atoms with Crippen LogP contribution in [-0.4, -0.2) is 24.7 Å². The van der Waals surface area contributed by atoms with E-state index in [1.165, 1.54) is 18.2 Å². The van der Waals surface area contributed by atoms with Crippen LogP contribution < -0.4 is 10.6 Å². The van der Waals surface area contributed by atoms with E-state index >= 15 is 0 Å². The van der Waals surface area contributed by atoms with Crippen molar-refractivity contribution in [3.05, 3.63) is 92.0 Å². The van der Waals surface area contributed by atoms with Crippen molar-refractivity contribution in [2.75, 3.05) is 10.6 Å². The molecule has 6 nitrogen and oxygen atoms in total.